The van der Waals surface area contributed by atoms with Gasteiger partial charge in [0.05, 0.1) is 46.1 Å². The Labute approximate surface area is 448 Å². The van der Waals surface area contributed by atoms with Crippen molar-refractivity contribution in [1.82, 2.24) is 40.5 Å². The molecule has 9 rings (SSSR count). The molecule has 2 fully saturated rings. The number of aryl methyl sites for hydroxylation is 2. The maximum absolute atomic E-state index is 16.9. The SMILES string of the molecule is Cc1cc(C(C(=O)N2C[C@H](O)C[C@H]2C(=O)NCc2ccc(-c3scnc3C)cc2OCCOCCN(C)C(=O)CCNc2nc(N3CCNCC3)c3cc(Cl)c(-c4cc(O)cc5ccccc45)c(F)c3n2)C(C)C)on1. The number of benzene rings is 4. The van der Waals surface area contributed by atoms with Gasteiger partial charge in [-0.15, -0.1) is 11.3 Å². The van der Waals surface area contributed by atoms with Crippen molar-refractivity contribution in [2.75, 3.05) is 82.9 Å². The van der Waals surface area contributed by atoms with Gasteiger partial charge in [-0.25, -0.2) is 14.4 Å². The molecule has 0 aliphatic carbocycles. The molecule has 7 aromatic rings. The largest absolute Gasteiger partial charge is 0.508 e. The molecular formula is C55H62ClFN10O8S. The van der Waals surface area contributed by atoms with Crippen LogP contribution >= 0.6 is 22.9 Å². The highest BCUT2D eigenvalue weighted by Gasteiger charge is 2.43. The van der Waals surface area contributed by atoms with Crippen LogP contribution in [0.1, 0.15) is 55.3 Å². The lowest BCUT2D eigenvalue weighted by atomic mass is 9.91. The Balaban J connectivity index is 0.799. The van der Waals surface area contributed by atoms with Gasteiger partial charge < -0.3 is 54.9 Å². The smallest absolute Gasteiger partial charge is 0.243 e. The van der Waals surface area contributed by atoms with Gasteiger partial charge in [0.1, 0.15) is 47.2 Å². The van der Waals surface area contributed by atoms with E-state index in [4.69, 9.17) is 30.6 Å². The third kappa shape index (κ3) is 12.0. The number of ether oxygens (including phenoxy) is 2. The monoisotopic (exact) mass is 1080 g/mol. The van der Waals surface area contributed by atoms with Crippen LogP contribution < -0.4 is 25.6 Å². The second kappa shape index (κ2) is 23.9. The van der Waals surface area contributed by atoms with Crippen LogP contribution in [-0.4, -0.2) is 143 Å². The lowest BCUT2D eigenvalue weighted by molar-refractivity contribution is -0.141. The van der Waals surface area contributed by atoms with Gasteiger partial charge in [-0.3, -0.25) is 14.4 Å². The van der Waals surface area contributed by atoms with E-state index in [1.54, 1.807) is 42.6 Å². The summed E-state index contributed by atoms with van der Waals surface area (Å²) < 4.78 is 34.6. The normalized spacial score (nSPS) is 16.2. The number of aromatic hydroxyl groups is 1. The number of carbonyl (C=O) groups is 3. The molecule has 2 aliphatic heterocycles. The molecule has 4 aromatic carbocycles. The van der Waals surface area contributed by atoms with Gasteiger partial charge >= 0.3 is 0 Å². The molecule has 0 saturated carbocycles. The van der Waals surface area contributed by atoms with Crippen molar-refractivity contribution in [2.45, 2.75) is 65.1 Å². The van der Waals surface area contributed by atoms with Crippen molar-refractivity contribution in [3.63, 3.8) is 0 Å². The zero-order valence-corrected chi connectivity index (χ0v) is 44.6. The summed E-state index contributed by atoms with van der Waals surface area (Å²) in [7, 11) is 1.69. The zero-order chi connectivity index (χ0) is 53.6. The molecule has 18 nitrogen and oxygen atoms in total. The number of likely N-dealkylation sites (N-methyl/N-ethyl adjacent to an activating group) is 1. The Morgan fingerprint density at radius 3 is 2.58 bits per heavy atom. The number of phenolic OH excluding ortho intramolecular Hbond substituents is 1. The number of thiazole rings is 1. The molecule has 3 aromatic heterocycles. The van der Waals surface area contributed by atoms with Crippen molar-refractivity contribution in [3.8, 4) is 33.1 Å². The van der Waals surface area contributed by atoms with Gasteiger partial charge in [-0.2, -0.15) is 4.98 Å². The number of aliphatic hydroxyl groups excluding tert-OH is 1. The number of aliphatic hydroxyl groups is 1. The first-order chi connectivity index (χ1) is 36.6. The molecule has 3 atom stereocenters. The van der Waals surface area contributed by atoms with Crippen LogP contribution in [0, 0.1) is 25.6 Å². The van der Waals surface area contributed by atoms with Crippen molar-refractivity contribution in [1.29, 1.82) is 0 Å². The minimum Gasteiger partial charge on any atom is -0.508 e. The molecule has 5 N–H and O–H groups in total. The van der Waals surface area contributed by atoms with E-state index < -0.39 is 29.8 Å². The number of phenols is 1. The Morgan fingerprint density at radius 1 is 1.03 bits per heavy atom. The Hall–Kier alpha value is -6.97. The summed E-state index contributed by atoms with van der Waals surface area (Å²) in [4.78, 5) is 61.0. The molecule has 5 heterocycles. The lowest BCUT2D eigenvalue weighted by Crippen LogP contribution is -2.48. The Bertz CT molecular complexity index is 3240. The standard InChI is InChI=1S/C55H62ClFN10O8S/c1-31(2)47(45-22-32(3)64-75-45)54(72)67-29-38(69)26-43(67)53(71)60-28-36-11-10-35(51-33(4)61-30-76-51)24-44(36)74-21-20-73-19-18-65(5)46(70)12-13-59-55-62-50-41(52(63-55)66-16-14-58-15-17-66)27-42(56)48(49(50)57)40-25-37(68)23-34-8-6-7-9-39(34)40/h6-11,22-25,27,30-31,38,43,47,58,68-69H,12-21,26,28-29H2,1-5H3,(H,60,71)(H,59,62,63)/t38-,43+,47?/m1/s1. The summed E-state index contributed by atoms with van der Waals surface area (Å²) in [5, 5.41) is 36.8. The summed E-state index contributed by atoms with van der Waals surface area (Å²) in [5.74, 6) is -0.717. The molecule has 2 saturated heterocycles. The number of halogens is 2. The fraction of sp³-hybridized carbons (Fsp3) is 0.400. The number of amides is 3. The van der Waals surface area contributed by atoms with Crippen LogP contribution in [0.25, 0.3) is 43.2 Å². The van der Waals surface area contributed by atoms with Crippen LogP contribution in [0.2, 0.25) is 5.02 Å². The van der Waals surface area contributed by atoms with Crippen LogP contribution in [0.15, 0.2) is 76.8 Å². The van der Waals surface area contributed by atoms with Crippen molar-refractivity contribution < 1.29 is 43.0 Å². The first-order valence-electron chi connectivity index (χ1n) is 25.4. The molecule has 0 spiro atoms. The number of nitrogens with one attached hydrogen (secondary N) is 3. The minimum atomic E-state index is -0.888. The summed E-state index contributed by atoms with van der Waals surface area (Å²) in [6, 6.07) is 18.8. The first-order valence-corrected chi connectivity index (χ1v) is 26.7. The highest BCUT2D eigenvalue weighted by atomic mass is 35.5. The van der Waals surface area contributed by atoms with E-state index in [1.165, 1.54) is 22.3 Å². The van der Waals surface area contributed by atoms with Gasteiger partial charge in [-0.05, 0) is 65.9 Å². The Kier molecular flexibility index (Phi) is 16.9. The molecule has 0 radical (unpaired) electrons. The number of hydrogen-bond acceptors (Lipinski definition) is 16. The van der Waals surface area contributed by atoms with Crippen LogP contribution in [0.3, 0.4) is 0 Å². The van der Waals surface area contributed by atoms with Crippen LogP contribution in [0.5, 0.6) is 11.5 Å². The molecule has 400 valence electrons. The van der Waals surface area contributed by atoms with E-state index in [9.17, 15) is 24.6 Å². The van der Waals surface area contributed by atoms with Gasteiger partial charge in [0.15, 0.2) is 5.82 Å². The molecule has 3 amide bonds. The van der Waals surface area contributed by atoms with Crippen molar-refractivity contribution in [3.05, 3.63) is 106 Å². The number of likely N-dealkylation sites (tertiary alicyclic amines) is 1. The fourth-order valence-electron chi connectivity index (χ4n) is 9.84. The molecule has 1 unspecified atom stereocenters. The minimum absolute atomic E-state index is 0.0230. The number of nitrogens with zero attached hydrogens (tertiary/aromatic N) is 7. The number of β-amino-alcohol motifs (C(OH)–C–C–N with tert-alkyl or cyclic N) is 1. The van der Waals surface area contributed by atoms with Crippen LogP contribution in [-0.2, 0) is 25.7 Å². The van der Waals surface area contributed by atoms with Gasteiger partial charge in [0.25, 0.3) is 0 Å². The topological polar surface area (TPSA) is 221 Å². The number of carbonyl (C=O) groups excluding carboxylic acids is 3. The van der Waals surface area contributed by atoms with E-state index in [0.29, 0.717) is 72.3 Å². The molecule has 21 heteroatoms. The average molecular weight is 1080 g/mol. The predicted octanol–water partition coefficient (Wildman–Crippen LogP) is 7.46. The van der Waals surface area contributed by atoms with E-state index in [-0.39, 0.29) is 97.8 Å². The highest BCUT2D eigenvalue weighted by Crippen LogP contribution is 2.43. The molecular weight excluding hydrogens is 1020 g/mol. The number of hydrogen-bond donors (Lipinski definition) is 5. The number of aromatic nitrogens is 4. The summed E-state index contributed by atoms with van der Waals surface area (Å²) in [6.07, 6.45) is -0.670. The third-order valence-corrected chi connectivity index (χ3v) is 15.1. The number of piperazine rings is 1. The summed E-state index contributed by atoms with van der Waals surface area (Å²) in [5.41, 5.74) is 5.50. The Morgan fingerprint density at radius 2 is 1.83 bits per heavy atom. The maximum atomic E-state index is 16.9. The number of rotatable bonds is 20. The molecule has 76 heavy (non-hydrogen) atoms. The summed E-state index contributed by atoms with van der Waals surface area (Å²) >= 11 is 8.38. The molecule has 0 bridgehead atoms. The van der Waals surface area contributed by atoms with E-state index in [2.05, 4.69) is 36.0 Å². The number of fused-ring (bicyclic) bond motifs is 2. The molecule has 2 aliphatic rings. The van der Waals surface area contributed by atoms with Gasteiger partial charge in [0, 0.05) is 94.8 Å². The fourth-order valence-corrected chi connectivity index (χ4v) is 10.9. The second-order valence-corrected chi connectivity index (χ2v) is 20.8. The average Bonchev–Trinajstić information content (AvgIpc) is 4.18. The van der Waals surface area contributed by atoms with Crippen molar-refractivity contribution in [2.24, 2.45) is 5.92 Å². The highest BCUT2D eigenvalue weighted by molar-refractivity contribution is 7.13. The number of anilines is 2. The first kappa shape index (κ1) is 53.8. The van der Waals surface area contributed by atoms with E-state index in [0.717, 1.165) is 26.9 Å². The zero-order valence-electron chi connectivity index (χ0n) is 43.1. The van der Waals surface area contributed by atoms with E-state index in [1.807, 2.05) is 63.2 Å². The maximum Gasteiger partial charge on any atom is 0.243 e. The third-order valence-electron chi connectivity index (χ3n) is 13.8. The lowest BCUT2D eigenvalue weighted by Gasteiger charge is -2.29. The predicted molar refractivity (Wildman–Crippen MR) is 290 cm³/mol. The quantitative estimate of drug-likeness (QED) is 0.0468. The summed E-state index contributed by atoms with van der Waals surface area (Å²) in [6.45, 7) is 11.4. The van der Waals surface area contributed by atoms with Gasteiger partial charge in [0.2, 0.25) is 23.7 Å². The van der Waals surface area contributed by atoms with E-state index >= 15 is 4.39 Å². The van der Waals surface area contributed by atoms with Crippen molar-refractivity contribution >= 4 is 74.1 Å². The van der Waals surface area contributed by atoms with Gasteiger partial charge in [-0.1, -0.05) is 67.0 Å². The second-order valence-electron chi connectivity index (χ2n) is 19.5. The van der Waals surface area contributed by atoms with Crippen LogP contribution in [0.4, 0.5) is 16.2 Å².